The van der Waals surface area contributed by atoms with Gasteiger partial charge in [-0.1, -0.05) is 17.0 Å². The van der Waals surface area contributed by atoms with Crippen molar-refractivity contribution in [1.29, 1.82) is 0 Å². The predicted octanol–water partition coefficient (Wildman–Crippen LogP) is 1.33. The molecular weight excluding hydrogens is 240 g/mol. The van der Waals surface area contributed by atoms with E-state index in [-0.39, 0.29) is 12.5 Å². The van der Waals surface area contributed by atoms with Gasteiger partial charge in [-0.15, -0.1) is 11.3 Å². The highest BCUT2D eigenvalue weighted by Crippen LogP contribution is 2.15. The first kappa shape index (κ1) is 11.4. The zero-order valence-corrected chi connectivity index (χ0v) is 9.45. The summed E-state index contributed by atoms with van der Waals surface area (Å²) in [6.45, 7) is -0.194. The lowest BCUT2D eigenvalue weighted by Gasteiger charge is -1.97. The van der Waals surface area contributed by atoms with Crippen LogP contribution in [0.4, 0.5) is 5.69 Å². The zero-order valence-electron chi connectivity index (χ0n) is 8.64. The summed E-state index contributed by atoms with van der Waals surface area (Å²) < 4.78 is 4.60. The second-order valence-corrected chi connectivity index (χ2v) is 3.94. The van der Waals surface area contributed by atoms with Crippen LogP contribution in [0.1, 0.15) is 15.2 Å². The number of hydrogen-bond donors (Lipinski definition) is 2. The molecule has 2 N–H and O–H groups in total. The van der Waals surface area contributed by atoms with E-state index in [1.807, 2.05) is 0 Å². The first-order valence-corrected chi connectivity index (χ1v) is 5.56. The minimum absolute atomic E-state index is 0.194. The van der Waals surface area contributed by atoms with Crippen molar-refractivity contribution in [3.8, 4) is 11.8 Å². The van der Waals surface area contributed by atoms with Crippen molar-refractivity contribution in [2.45, 2.75) is 0 Å². The summed E-state index contributed by atoms with van der Waals surface area (Å²) in [6.07, 6.45) is 2.76. The van der Waals surface area contributed by atoms with Crippen molar-refractivity contribution in [1.82, 2.24) is 5.16 Å². The third-order valence-corrected chi connectivity index (χ3v) is 2.69. The van der Waals surface area contributed by atoms with Gasteiger partial charge in [0.25, 0.3) is 5.91 Å². The Morgan fingerprint density at radius 2 is 2.53 bits per heavy atom. The van der Waals surface area contributed by atoms with E-state index >= 15 is 0 Å². The molecular formula is C11H8N2O3S. The van der Waals surface area contributed by atoms with E-state index in [1.54, 1.807) is 11.4 Å². The molecule has 6 heteroatoms. The van der Waals surface area contributed by atoms with Crippen LogP contribution in [0.15, 0.2) is 28.4 Å². The van der Waals surface area contributed by atoms with Crippen LogP contribution in [-0.2, 0) is 0 Å². The second-order valence-electron chi connectivity index (χ2n) is 3.03. The normalized spacial score (nSPS) is 9.47. The highest BCUT2D eigenvalue weighted by molar-refractivity contribution is 7.10. The maximum atomic E-state index is 11.7. The third-order valence-electron chi connectivity index (χ3n) is 1.84. The zero-order chi connectivity index (χ0) is 12.1. The summed E-state index contributed by atoms with van der Waals surface area (Å²) in [5.74, 6) is 5.01. The molecule has 2 heterocycles. The molecule has 2 aromatic rings. The Hall–Kier alpha value is -2.10. The number of nitrogens with zero attached hydrogens (tertiary/aromatic N) is 1. The van der Waals surface area contributed by atoms with Crippen LogP contribution in [0, 0.1) is 11.8 Å². The molecule has 0 aromatic carbocycles. The highest BCUT2D eigenvalue weighted by atomic mass is 32.1. The van der Waals surface area contributed by atoms with E-state index in [2.05, 4.69) is 26.8 Å². The van der Waals surface area contributed by atoms with Crippen molar-refractivity contribution in [2.24, 2.45) is 0 Å². The van der Waals surface area contributed by atoms with Gasteiger partial charge in [0.05, 0.1) is 16.6 Å². The minimum atomic E-state index is -0.249. The predicted molar refractivity (Wildman–Crippen MR) is 62.7 cm³/mol. The summed E-state index contributed by atoms with van der Waals surface area (Å²) in [6, 6.07) is 1.66. The number of carbonyl (C=O) groups is 1. The van der Waals surface area contributed by atoms with Gasteiger partial charge < -0.3 is 14.9 Å². The van der Waals surface area contributed by atoms with Gasteiger partial charge in [-0.3, -0.25) is 4.79 Å². The van der Waals surface area contributed by atoms with Gasteiger partial charge in [0.2, 0.25) is 0 Å². The van der Waals surface area contributed by atoms with Crippen LogP contribution in [0.25, 0.3) is 0 Å². The Labute approximate surface area is 101 Å². The van der Waals surface area contributed by atoms with E-state index in [0.29, 0.717) is 11.3 Å². The van der Waals surface area contributed by atoms with E-state index in [0.717, 1.165) is 4.88 Å². The summed E-state index contributed by atoms with van der Waals surface area (Å²) in [7, 11) is 0. The van der Waals surface area contributed by atoms with Gasteiger partial charge in [-0.25, -0.2) is 0 Å². The number of rotatable bonds is 2. The molecule has 1 amide bonds. The summed E-state index contributed by atoms with van der Waals surface area (Å²) in [5.41, 5.74) is 1.02. The summed E-state index contributed by atoms with van der Waals surface area (Å²) in [5, 5.41) is 16.3. The van der Waals surface area contributed by atoms with Crippen molar-refractivity contribution in [2.75, 3.05) is 11.9 Å². The maximum Gasteiger partial charge on any atom is 0.256 e. The molecule has 86 valence electrons. The fourth-order valence-corrected chi connectivity index (χ4v) is 1.87. The molecule has 0 saturated heterocycles. The first-order valence-electron chi connectivity index (χ1n) is 4.68. The van der Waals surface area contributed by atoms with Gasteiger partial charge in [-0.2, -0.15) is 0 Å². The number of anilines is 1. The molecule has 0 bridgehead atoms. The Morgan fingerprint density at radius 1 is 1.65 bits per heavy atom. The largest absolute Gasteiger partial charge is 0.384 e. The Morgan fingerprint density at radius 3 is 3.24 bits per heavy atom. The lowest BCUT2D eigenvalue weighted by Crippen LogP contribution is -2.09. The Kier molecular flexibility index (Phi) is 3.55. The molecule has 0 aliphatic rings. The Balaban J connectivity index is 2.07. The maximum absolute atomic E-state index is 11.7. The molecule has 0 spiro atoms. The molecule has 0 fully saturated rings. The number of aliphatic hydroxyl groups excluding tert-OH is 1. The topological polar surface area (TPSA) is 75.4 Å². The lowest BCUT2D eigenvalue weighted by atomic mass is 10.3. The van der Waals surface area contributed by atoms with Crippen LogP contribution in [0.3, 0.4) is 0 Å². The fraction of sp³-hybridized carbons (Fsp3) is 0.0909. The van der Waals surface area contributed by atoms with Crippen molar-refractivity contribution in [3.05, 3.63) is 34.3 Å². The van der Waals surface area contributed by atoms with Crippen LogP contribution < -0.4 is 5.32 Å². The van der Waals surface area contributed by atoms with Crippen molar-refractivity contribution in [3.63, 3.8) is 0 Å². The number of amides is 1. The van der Waals surface area contributed by atoms with Gasteiger partial charge >= 0.3 is 0 Å². The van der Waals surface area contributed by atoms with Gasteiger partial charge in [-0.05, 0) is 6.07 Å². The standard InChI is InChI=1S/C11H8N2O3S/c14-3-1-2-10-4-8(7-17-10)11(15)13-9-5-12-16-6-9/h4-7,14H,3H2,(H,13,15). The first-order chi connectivity index (χ1) is 8.29. The molecule has 2 rings (SSSR count). The van der Waals surface area contributed by atoms with Crippen molar-refractivity contribution < 1.29 is 14.4 Å². The fourth-order valence-electron chi connectivity index (χ4n) is 1.12. The molecule has 17 heavy (non-hydrogen) atoms. The summed E-state index contributed by atoms with van der Waals surface area (Å²) in [4.78, 5) is 12.5. The Bertz CT molecular complexity index is 563. The van der Waals surface area contributed by atoms with Crippen LogP contribution in [0.5, 0.6) is 0 Å². The van der Waals surface area contributed by atoms with Crippen molar-refractivity contribution >= 4 is 22.9 Å². The molecule has 0 atom stereocenters. The SMILES string of the molecule is O=C(Nc1cnoc1)c1csc(C#CCO)c1. The number of thiophene rings is 1. The number of aromatic nitrogens is 1. The molecule has 0 saturated carbocycles. The van der Waals surface area contributed by atoms with E-state index < -0.39 is 0 Å². The average Bonchev–Trinajstić information content (AvgIpc) is 2.96. The molecule has 5 nitrogen and oxygen atoms in total. The number of aliphatic hydroxyl groups is 1. The molecule has 0 radical (unpaired) electrons. The number of hydrogen-bond acceptors (Lipinski definition) is 5. The average molecular weight is 248 g/mol. The molecule has 2 aromatic heterocycles. The third kappa shape index (κ3) is 2.93. The van der Waals surface area contributed by atoms with Gasteiger partial charge in [0, 0.05) is 5.38 Å². The smallest absolute Gasteiger partial charge is 0.256 e. The van der Waals surface area contributed by atoms with E-state index in [4.69, 9.17) is 5.11 Å². The van der Waals surface area contributed by atoms with Crippen LogP contribution in [-0.4, -0.2) is 22.8 Å². The second kappa shape index (κ2) is 5.30. The molecule has 0 unspecified atom stereocenters. The highest BCUT2D eigenvalue weighted by Gasteiger charge is 2.09. The van der Waals surface area contributed by atoms with Crippen LogP contribution in [0.2, 0.25) is 0 Å². The molecule has 0 aliphatic heterocycles. The number of nitrogens with one attached hydrogen (secondary N) is 1. The minimum Gasteiger partial charge on any atom is -0.384 e. The lowest BCUT2D eigenvalue weighted by molar-refractivity contribution is 0.102. The molecule has 0 aliphatic carbocycles. The monoisotopic (exact) mass is 248 g/mol. The quantitative estimate of drug-likeness (QED) is 0.786. The van der Waals surface area contributed by atoms with Crippen LogP contribution >= 0.6 is 11.3 Å². The van der Waals surface area contributed by atoms with Gasteiger partial charge in [0.1, 0.15) is 18.6 Å². The summed E-state index contributed by atoms with van der Waals surface area (Å²) >= 11 is 1.35. The number of carbonyl (C=O) groups excluding carboxylic acids is 1. The van der Waals surface area contributed by atoms with Gasteiger partial charge in [0.15, 0.2) is 0 Å². The van der Waals surface area contributed by atoms with E-state index in [9.17, 15) is 4.79 Å². The van der Waals surface area contributed by atoms with E-state index in [1.165, 1.54) is 23.8 Å².